The van der Waals surface area contributed by atoms with E-state index < -0.39 is 7.14 Å². The van der Waals surface area contributed by atoms with E-state index >= 15 is 0 Å². The Bertz CT molecular complexity index is 388. The monoisotopic (exact) mass is 263 g/mol. The molecule has 0 amide bonds. The van der Waals surface area contributed by atoms with Gasteiger partial charge >= 0.3 is 0 Å². The Balaban J connectivity index is 0.00000225. The van der Waals surface area contributed by atoms with Crippen molar-refractivity contribution >= 4 is 30.5 Å². The van der Waals surface area contributed by atoms with E-state index in [4.69, 9.17) is 10.5 Å². The first kappa shape index (κ1) is 15.3. The zero-order valence-electron chi connectivity index (χ0n) is 9.90. The van der Waals surface area contributed by atoms with Gasteiger partial charge in [-0.25, -0.2) is 0 Å². The number of ether oxygens (including phenoxy) is 1. The molecule has 0 atom stereocenters. The lowest BCUT2D eigenvalue weighted by molar-refractivity contribution is 0.417. The zero-order chi connectivity index (χ0) is 11.5. The fourth-order valence-electron chi connectivity index (χ4n) is 1.54. The quantitative estimate of drug-likeness (QED) is 0.671. The van der Waals surface area contributed by atoms with E-state index in [0.29, 0.717) is 23.8 Å². The molecular formula is C11H19ClNO2P. The number of hydrogen-bond donors (Lipinski definition) is 1. The number of nitrogen functional groups attached to an aromatic ring is 1. The van der Waals surface area contributed by atoms with Crippen molar-refractivity contribution in [2.45, 2.75) is 13.8 Å². The van der Waals surface area contributed by atoms with Gasteiger partial charge in [-0.05, 0) is 18.2 Å². The summed E-state index contributed by atoms with van der Waals surface area (Å²) < 4.78 is 17.6. The van der Waals surface area contributed by atoms with Crippen LogP contribution in [0.1, 0.15) is 13.8 Å². The number of hydrogen-bond acceptors (Lipinski definition) is 3. The predicted octanol–water partition coefficient (Wildman–Crippen LogP) is 2.73. The highest BCUT2D eigenvalue weighted by Gasteiger charge is 2.20. The summed E-state index contributed by atoms with van der Waals surface area (Å²) in [6.07, 6.45) is 1.35. The minimum absolute atomic E-state index is 0. The maximum absolute atomic E-state index is 12.4. The molecule has 2 N–H and O–H groups in total. The lowest BCUT2D eigenvalue weighted by Gasteiger charge is -2.16. The van der Waals surface area contributed by atoms with Crippen LogP contribution in [0.15, 0.2) is 18.2 Å². The van der Waals surface area contributed by atoms with Crippen LogP contribution in [0.2, 0.25) is 0 Å². The molecule has 0 radical (unpaired) electrons. The van der Waals surface area contributed by atoms with Crippen LogP contribution in [0.5, 0.6) is 5.75 Å². The number of benzene rings is 1. The Morgan fingerprint density at radius 3 is 2.31 bits per heavy atom. The van der Waals surface area contributed by atoms with E-state index in [1.54, 1.807) is 19.2 Å². The summed E-state index contributed by atoms with van der Waals surface area (Å²) in [5, 5.41) is 0.860. The topological polar surface area (TPSA) is 52.3 Å². The van der Waals surface area contributed by atoms with Crippen molar-refractivity contribution < 1.29 is 9.30 Å². The van der Waals surface area contributed by atoms with Crippen LogP contribution in [-0.4, -0.2) is 19.4 Å². The van der Waals surface area contributed by atoms with Crippen molar-refractivity contribution in [3.05, 3.63) is 18.2 Å². The van der Waals surface area contributed by atoms with Crippen molar-refractivity contribution in [3.8, 4) is 5.75 Å². The molecule has 3 nitrogen and oxygen atoms in total. The van der Waals surface area contributed by atoms with Crippen LogP contribution >= 0.6 is 19.5 Å². The third kappa shape index (κ3) is 2.93. The van der Waals surface area contributed by atoms with Gasteiger partial charge in [0.25, 0.3) is 0 Å². The number of nitrogens with two attached hydrogens (primary N) is 1. The van der Waals surface area contributed by atoms with E-state index in [-0.39, 0.29) is 12.4 Å². The summed E-state index contributed by atoms with van der Waals surface area (Å²) in [4.78, 5) is 0. The van der Waals surface area contributed by atoms with Crippen LogP contribution < -0.4 is 15.8 Å². The molecule has 0 unspecified atom stereocenters. The second kappa shape index (κ2) is 6.17. The fraction of sp³-hybridized carbons (Fsp3) is 0.455. The van der Waals surface area contributed by atoms with E-state index in [9.17, 15) is 4.57 Å². The summed E-state index contributed by atoms with van der Waals surface area (Å²) in [7, 11) is -0.661. The van der Waals surface area contributed by atoms with Crippen molar-refractivity contribution in [1.29, 1.82) is 0 Å². The van der Waals surface area contributed by atoms with Gasteiger partial charge in [-0.2, -0.15) is 0 Å². The Morgan fingerprint density at radius 2 is 1.88 bits per heavy atom. The second-order valence-electron chi connectivity index (χ2n) is 3.45. The molecule has 1 rings (SSSR count). The predicted molar refractivity (Wildman–Crippen MR) is 73.0 cm³/mol. The zero-order valence-corrected chi connectivity index (χ0v) is 11.6. The van der Waals surface area contributed by atoms with E-state index in [1.165, 1.54) is 0 Å². The second-order valence-corrected chi connectivity index (χ2v) is 7.01. The van der Waals surface area contributed by atoms with Crippen molar-refractivity contribution in [1.82, 2.24) is 0 Å². The van der Waals surface area contributed by atoms with E-state index in [0.717, 1.165) is 5.30 Å². The average Bonchev–Trinajstić information content (AvgIpc) is 2.28. The molecule has 0 heterocycles. The molecule has 16 heavy (non-hydrogen) atoms. The molecule has 0 aliphatic carbocycles. The fourth-order valence-corrected chi connectivity index (χ4v) is 3.42. The molecule has 0 fully saturated rings. The van der Waals surface area contributed by atoms with Gasteiger partial charge in [-0.15, -0.1) is 12.4 Å². The maximum atomic E-state index is 12.4. The summed E-state index contributed by atoms with van der Waals surface area (Å²) in [6, 6.07) is 5.39. The number of anilines is 1. The lowest BCUT2D eigenvalue weighted by atomic mass is 10.3. The highest BCUT2D eigenvalue weighted by atomic mass is 35.5. The largest absolute Gasteiger partial charge is 0.495 e. The standard InChI is InChI=1S/C11H18NO2P.ClH/c1-4-15(13,5-2)9-6-7-10(12)11(8-9)14-3;/h6-8H,4-5,12H2,1-3H3;1H. The van der Waals surface area contributed by atoms with Gasteiger partial charge in [0.2, 0.25) is 0 Å². The Labute approximate surface area is 103 Å². The Kier molecular flexibility index (Phi) is 5.91. The first-order valence-corrected chi connectivity index (χ1v) is 7.17. The molecule has 0 saturated heterocycles. The van der Waals surface area contributed by atoms with Crippen LogP contribution in [0, 0.1) is 0 Å². The van der Waals surface area contributed by atoms with Gasteiger partial charge in [0.15, 0.2) is 0 Å². The van der Waals surface area contributed by atoms with Crippen molar-refractivity contribution in [2.24, 2.45) is 0 Å². The number of methoxy groups -OCH3 is 1. The van der Waals surface area contributed by atoms with E-state index in [1.807, 2.05) is 19.9 Å². The molecule has 0 saturated carbocycles. The molecule has 0 aliphatic rings. The van der Waals surface area contributed by atoms with Gasteiger partial charge in [0, 0.05) is 17.6 Å². The minimum atomic E-state index is -2.23. The molecule has 1 aromatic carbocycles. The Hall–Kier alpha value is -0.660. The first-order chi connectivity index (χ1) is 7.07. The third-order valence-corrected chi connectivity index (χ3v) is 5.97. The van der Waals surface area contributed by atoms with Gasteiger partial charge in [-0.1, -0.05) is 13.8 Å². The van der Waals surface area contributed by atoms with Crippen LogP contribution in [0.25, 0.3) is 0 Å². The normalized spacial score (nSPS) is 10.7. The van der Waals surface area contributed by atoms with Gasteiger partial charge in [0.05, 0.1) is 12.8 Å². The smallest absolute Gasteiger partial charge is 0.142 e. The SMILES string of the molecule is CCP(=O)(CC)c1ccc(N)c(OC)c1.Cl. The Morgan fingerprint density at radius 1 is 1.31 bits per heavy atom. The molecule has 92 valence electrons. The molecule has 1 aromatic rings. The van der Waals surface area contributed by atoms with Gasteiger partial charge in [-0.3, -0.25) is 0 Å². The van der Waals surface area contributed by atoms with Gasteiger partial charge in [0.1, 0.15) is 12.9 Å². The molecule has 0 aliphatic heterocycles. The highest BCUT2D eigenvalue weighted by molar-refractivity contribution is 7.71. The third-order valence-electron chi connectivity index (χ3n) is 2.71. The minimum Gasteiger partial charge on any atom is -0.495 e. The van der Waals surface area contributed by atoms with Crippen LogP contribution in [-0.2, 0) is 4.57 Å². The number of rotatable bonds is 4. The summed E-state index contributed by atoms with van der Waals surface area (Å²) in [5.41, 5.74) is 6.29. The summed E-state index contributed by atoms with van der Waals surface area (Å²) >= 11 is 0. The number of halogens is 1. The van der Waals surface area contributed by atoms with Crippen LogP contribution in [0.4, 0.5) is 5.69 Å². The first-order valence-electron chi connectivity index (χ1n) is 5.09. The highest BCUT2D eigenvalue weighted by Crippen LogP contribution is 2.44. The van der Waals surface area contributed by atoms with Gasteiger partial charge < -0.3 is 15.0 Å². The maximum Gasteiger partial charge on any atom is 0.142 e. The lowest BCUT2D eigenvalue weighted by Crippen LogP contribution is -2.09. The van der Waals surface area contributed by atoms with Crippen molar-refractivity contribution in [3.63, 3.8) is 0 Å². The summed E-state index contributed by atoms with van der Waals surface area (Å²) in [5.74, 6) is 0.606. The van der Waals surface area contributed by atoms with Crippen LogP contribution in [0.3, 0.4) is 0 Å². The van der Waals surface area contributed by atoms with Crippen molar-refractivity contribution in [2.75, 3.05) is 25.2 Å². The average molecular weight is 264 g/mol. The molecular weight excluding hydrogens is 245 g/mol. The molecule has 0 bridgehead atoms. The molecule has 5 heteroatoms. The summed E-state index contributed by atoms with van der Waals surface area (Å²) in [6.45, 7) is 3.90. The molecule has 0 aromatic heterocycles. The van der Waals surface area contributed by atoms with E-state index in [2.05, 4.69) is 0 Å². The molecule has 0 spiro atoms.